The number of hydrogen-bond acceptors (Lipinski definition) is 4. The summed E-state index contributed by atoms with van der Waals surface area (Å²) in [6.07, 6.45) is -1.18. The molecule has 5 rings (SSSR count). The predicted octanol–water partition coefficient (Wildman–Crippen LogP) is 5.39. The summed E-state index contributed by atoms with van der Waals surface area (Å²) in [4.78, 5) is 26.2. The first kappa shape index (κ1) is 24.1. The molecule has 2 aromatic carbocycles. The maximum absolute atomic E-state index is 13.5. The van der Waals surface area contributed by atoms with Crippen LogP contribution in [0.25, 0.3) is 16.6 Å². The van der Waals surface area contributed by atoms with Crippen LogP contribution >= 0.6 is 11.6 Å². The van der Waals surface area contributed by atoms with E-state index in [1.54, 1.807) is 6.20 Å². The number of aromatic nitrogens is 4. The van der Waals surface area contributed by atoms with Crippen LogP contribution in [-0.4, -0.2) is 25.5 Å². The van der Waals surface area contributed by atoms with Gasteiger partial charge in [-0.25, -0.2) is 9.36 Å². The summed E-state index contributed by atoms with van der Waals surface area (Å²) in [5.41, 5.74) is 2.11. The number of carbonyl (C=O) groups excluding carboxylic acids is 1. The predicted molar refractivity (Wildman–Crippen MR) is 130 cm³/mol. The summed E-state index contributed by atoms with van der Waals surface area (Å²) in [7, 11) is 0. The normalized spacial score (nSPS) is 13.8. The van der Waals surface area contributed by atoms with Crippen molar-refractivity contribution in [2.75, 3.05) is 5.32 Å². The molecule has 0 atom stereocenters. The lowest BCUT2D eigenvalue weighted by atomic mass is 10.1. The molecule has 1 amide bonds. The SMILES string of the molecule is Cc1ccc(-n2ncc3c(C4CC4)nn(CC(=O)Nc4cc(C(F)(F)F)ccc4Cl)c(=O)c32)cc1C. The maximum atomic E-state index is 13.5. The van der Waals surface area contributed by atoms with Crippen molar-refractivity contribution < 1.29 is 18.0 Å². The lowest BCUT2D eigenvalue weighted by Gasteiger charge is -2.13. The molecule has 2 aromatic heterocycles. The first-order valence-electron chi connectivity index (χ1n) is 11.3. The molecule has 36 heavy (non-hydrogen) atoms. The fraction of sp³-hybridized carbons (Fsp3) is 0.280. The zero-order valence-corrected chi connectivity index (χ0v) is 20.1. The van der Waals surface area contributed by atoms with Crippen molar-refractivity contribution in [1.82, 2.24) is 19.6 Å². The highest BCUT2D eigenvalue weighted by Crippen LogP contribution is 2.41. The van der Waals surface area contributed by atoms with Gasteiger partial charge in [0.1, 0.15) is 12.1 Å². The highest BCUT2D eigenvalue weighted by molar-refractivity contribution is 6.33. The van der Waals surface area contributed by atoms with Gasteiger partial charge in [0, 0.05) is 11.3 Å². The Kier molecular flexibility index (Phi) is 5.86. The monoisotopic (exact) mass is 515 g/mol. The second kappa shape index (κ2) is 8.77. The minimum absolute atomic E-state index is 0.0569. The molecule has 4 aromatic rings. The van der Waals surface area contributed by atoms with Crippen LogP contribution in [0.4, 0.5) is 18.9 Å². The molecule has 0 spiro atoms. The van der Waals surface area contributed by atoms with E-state index in [4.69, 9.17) is 11.6 Å². The number of carbonyl (C=O) groups is 1. The zero-order valence-electron chi connectivity index (χ0n) is 19.4. The average Bonchev–Trinajstić information content (AvgIpc) is 3.56. The van der Waals surface area contributed by atoms with Crippen molar-refractivity contribution in [3.8, 4) is 5.69 Å². The van der Waals surface area contributed by atoms with E-state index in [1.807, 2.05) is 32.0 Å². The first-order valence-corrected chi connectivity index (χ1v) is 11.6. The first-order chi connectivity index (χ1) is 17.0. The van der Waals surface area contributed by atoms with E-state index in [0.717, 1.165) is 46.8 Å². The van der Waals surface area contributed by atoms with Gasteiger partial charge in [-0.1, -0.05) is 17.7 Å². The van der Waals surface area contributed by atoms with Crippen molar-refractivity contribution in [2.45, 2.75) is 45.3 Å². The smallest absolute Gasteiger partial charge is 0.323 e. The third kappa shape index (κ3) is 4.48. The lowest BCUT2D eigenvalue weighted by Crippen LogP contribution is -2.31. The van der Waals surface area contributed by atoms with Crippen molar-refractivity contribution >= 4 is 34.1 Å². The van der Waals surface area contributed by atoms with Crippen molar-refractivity contribution in [3.63, 3.8) is 0 Å². The molecular formula is C25H21ClF3N5O2. The maximum Gasteiger partial charge on any atom is 0.416 e. The summed E-state index contributed by atoms with van der Waals surface area (Å²) in [6.45, 7) is 3.44. The fourth-order valence-electron chi connectivity index (χ4n) is 4.04. The lowest BCUT2D eigenvalue weighted by molar-refractivity contribution is -0.137. The third-order valence-corrected chi connectivity index (χ3v) is 6.60. The van der Waals surface area contributed by atoms with E-state index in [9.17, 15) is 22.8 Å². The van der Waals surface area contributed by atoms with Crippen LogP contribution in [0.5, 0.6) is 0 Å². The van der Waals surface area contributed by atoms with Gasteiger partial charge in [-0.3, -0.25) is 9.59 Å². The van der Waals surface area contributed by atoms with Crippen molar-refractivity contribution in [3.05, 3.63) is 80.4 Å². The van der Waals surface area contributed by atoms with Crippen LogP contribution in [-0.2, 0) is 17.5 Å². The van der Waals surface area contributed by atoms with Crippen LogP contribution < -0.4 is 10.9 Å². The van der Waals surface area contributed by atoms with Crippen molar-refractivity contribution in [1.29, 1.82) is 0 Å². The van der Waals surface area contributed by atoms with E-state index < -0.39 is 29.8 Å². The highest BCUT2D eigenvalue weighted by atomic mass is 35.5. The molecule has 1 aliphatic carbocycles. The largest absolute Gasteiger partial charge is 0.416 e. The van der Waals surface area contributed by atoms with Gasteiger partial charge < -0.3 is 5.32 Å². The van der Waals surface area contributed by atoms with E-state index in [0.29, 0.717) is 22.3 Å². The number of anilines is 1. The van der Waals surface area contributed by atoms with Gasteiger partial charge in [-0.05, 0) is 68.1 Å². The Morgan fingerprint density at radius 3 is 2.56 bits per heavy atom. The summed E-state index contributed by atoms with van der Waals surface area (Å²) in [5.74, 6) is -0.582. The Hall–Kier alpha value is -3.66. The fourth-order valence-corrected chi connectivity index (χ4v) is 4.20. The topological polar surface area (TPSA) is 81.8 Å². The van der Waals surface area contributed by atoms with Crippen LogP contribution in [0.3, 0.4) is 0 Å². The summed E-state index contributed by atoms with van der Waals surface area (Å²) < 4.78 is 41.8. The number of alkyl halides is 3. The molecular weight excluding hydrogens is 495 g/mol. The van der Waals surface area contributed by atoms with Crippen molar-refractivity contribution in [2.24, 2.45) is 0 Å². The van der Waals surface area contributed by atoms with E-state index >= 15 is 0 Å². The molecule has 0 radical (unpaired) electrons. The van der Waals surface area contributed by atoms with Gasteiger partial charge in [-0.15, -0.1) is 0 Å². The van der Waals surface area contributed by atoms with E-state index in [2.05, 4.69) is 15.5 Å². The van der Waals surface area contributed by atoms with Crippen LogP contribution in [0, 0.1) is 13.8 Å². The van der Waals surface area contributed by atoms with Crippen LogP contribution in [0.15, 0.2) is 47.4 Å². The number of nitrogens with zero attached hydrogens (tertiary/aromatic N) is 4. The molecule has 11 heteroatoms. The van der Waals surface area contributed by atoms with Crippen LogP contribution in [0.1, 0.15) is 41.1 Å². The average molecular weight is 516 g/mol. The molecule has 0 aliphatic heterocycles. The van der Waals surface area contributed by atoms with Gasteiger partial charge in [0.15, 0.2) is 0 Å². The molecule has 1 aliphatic rings. The third-order valence-electron chi connectivity index (χ3n) is 6.27. The molecule has 0 saturated heterocycles. The molecule has 2 heterocycles. The Labute approximate surface area is 208 Å². The number of nitrogens with one attached hydrogen (secondary N) is 1. The van der Waals surface area contributed by atoms with Gasteiger partial charge >= 0.3 is 6.18 Å². The Balaban J connectivity index is 1.53. The zero-order chi connectivity index (χ0) is 25.8. The van der Waals surface area contributed by atoms with Gasteiger partial charge in [0.25, 0.3) is 5.56 Å². The second-order valence-electron chi connectivity index (χ2n) is 8.95. The minimum Gasteiger partial charge on any atom is -0.323 e. The number of aryl methyl sites for hydroxylation is 2. The molecule has 1 saturated carbocycles. The highest BCUT2D eigenvalue weighted by Gasteiger charge is 2.32. The quantitative estimate of drug-likeness (QED) is 0.386. The van der Waals surface area contributed by atoms with E-state index in [-0.39, 0.29) is 16.6 Å². The Morgan fingerprint density at radius 1 is 1.14 bits per heavy atom. The second-order valence-corrected chi connectivity index (χ2v) is 9.36. The number of rotatable bonds is 5. The summed E-state index contributed by atoms with van der Waals surface area (Å²) in [5, 5.41) is 11.8. The number of hydrogen-bond donors (Lipinski definition) is 1. The molecule has 1 N–H and O–H groups in total. The molecule has 7 nitrogen and oxygen atoms in total. The van der Waals surface area contributed by atoms with Crippen LogP contribution in [0.2, 0.25) is 5.02 Å². The Morgan fingerprint density at radius 2 is 1.89 bits per heavy atom. The van der Waals surface area contributed by atoms with Gasteiger partial charge in [0.05, 0.1) is 33.9 Å². The van der Waals surface area contributed by atoms with Gasteiger partial charge in [-0.2, -0.15) is 23.4 Å². The summed E-state index contributed by atoms with van der Waals surface area (Å²) >= 11 is 6.00. The molecule has 0 bridgehead atoms. The van der Waals surface area contributed by atoms with Gasteiger partial charge in [0.2, 0.25) is 5.91 Å². The number of fused-ring (bicyclic) bond motifs is 1. The molecule has 186 valence electrons. The molecule has 0 unspecified atom stereocenters. The number of benzene rings is 2. The summed E-state index contributed by atoms with van der Waals surface area (Å²) in [6, 6.07) is 8.36. The standard InChI is InChI=1S/C25H21ClF3N5O2/c1-13-3-7-17(9-14(13)2)34-23-18(11-30-34)22(15-4-5-15)32-33(24(23)36)12-21(35)31-20-10-16(25(27,28)29)6-8-19(20)26/h3,6-11,15H,4-5,12H2,1-2H3,(H,31,35). The Bertz CT molecular complexity index is 1570. The molecule has 1 fully saturated rings. The van der Waals surface area contributed by atoms with E-state index in [1.165, 1.54) is 4.68 Å². The minimum atomic E-state index is -4.60. The number of amides is 1. The number of halogens is 4.